The van der Waals surface area contributed by atoms with E-state index in [0.717, 1.165) is 5.56 Å². The van der Waals surface area contributed by atoms with E-state index < -0.39 is 17.5 Å². The van der Waals surface area contributed by atoms with Crippen LogP contribution in [0.2, 0.25) is 0 Å². The van der Waals surface area contributed by atoms with Crippen molar-refractivity contribution in [1.29, 1.82) is 0 Å². The van der Waals surface area contributed by atoms with Crippen molar-refractivity contribution in [3.8, 4) is 0 Å². The number of hydrogen-bond donors (Lipinski definition) is 1. The van der Waals surface area contributed by atoms with Gasteiger partial charge >= 0.3 is 12.1 Å². The molecule has 0 atom stereocenters. The number of nitrogens with zero attached hydrogens (tertiary/aromatic N) is 2. The summed E-state index contributed by atoms with van der Waals surface area (Å²) in [5.41, 5.74) is 3.34. The van der Waals surface area contributed by atoms with Crippen LogP contribution in [0.15, 0.2) is 60.7 Å². The molecule has 0 spiro atoms. The molecule has 152 valence electrons. The minimum Gasteiger partial charge on any atom is -0.372 e. The molecular weight excluding hydrogens is 370 g/mol. The van der Waals surface area contributed by atoms with E-state index in [4.69, 9.17) is 4.74 Å². The van der Waals surface area contributed by atoms with Gasteiger partial charge in [-0.05, 0) is 30.5 Å². The van der Waals surface area contributed by atoms with Gasteiger partial charge in [0.2, 0.25) is 5.91 Å². The van der Waals surface area contributed by atoms with Gasteiger partial charge in [0.05, 0.1) is 11.0 Å². The van der Waals surface area contributed by atoms with Gasteiger partial charge in [-0.15, -0.1) is 0 Å². The van der Waals surface area contributed by atoms with Crippen molar-refractivity contribution in [3.63, 3.8) is 0 Å². The van der Waals surface area contributed by atoms with Gasteiger partial charge in [-0.3, -0.25) is 10.2 Å². The van der Waals surface area contributed by atoms with Crippen molar-refractivity contribution in [2.45, 2.75) is 18.3 Å². The monoisotopic (exact) mass is 395 g/mol. The van der Waals surface area contributed by atoms with Crippen LogP contribution in [-0.2, 0) is 14.9 Å². The molecular formula is C22H25N3O4. The first-order chi connectivity index (χ1) is 13.9. The summed E-state index contributed by atoms with van der Waals surface area (Å²) in [4.78, 5) is 39.1. The largest absolute Gasteiger partial charge is 0.417 e. The quantitative estimate of drug-likeness (QED) is 0.489. The zero-order chi connectivity index (χ0) is 20.9. The molecule has 0 radical (unpaired) electrons. The van der Waals surface area contributed by atoms with E-state index in [2.05, 4.69) is 5.43 Å². The molecule has 0 saturated carbocycles. The number of carbonyl (C=O) groups excluding carboxylic acids is 3. The third kappa shape index (κ3) is 4.63. The van der Waals surface area contributed by atoms with Crippen LogP contribution in [0.4, 0.5) is 4.79 Å². The number of ether oxygens (including phenoxy) is 1. The standard InChI is InChI=1S/C22H25N3O4/c1-24(2)23-20(27)22(18-11-7-4-8-12-18)13-15-25(16-14-22)21(28)29-19(26)17-9-5-3-6-10-17/h3-12H,13-16H2,1-2H3,(H,23,27). The highest BCUT2D eigenvalue weighted by molar-refractivity contribution is 5.96. The van der Waals surface area contributed by atoms with E-state index in [9.17, 15) is 14.4 Å². The number of hydrazine groups is 1. The first kappa shape index (κ1) is 20.5. The first-order valence-electron chi connectivity index (χ1n) is 9.52. The summed E-state index contributed by atoms with van der Waals surface area (Å²) in [6.45, 7) is 0.632. The SMILES string of the molecule is CN(C)NC(=O)C1(c2ccccc2)CCN(C(=O)OC(=O)c2ccccc2)CC1. The Labute approximate surface area is 170 Å². The molecule has 0 bridgehead atoms. The summed E-state index contributed by atoms with van der Waals surface area (Å²) in [6, 6.07) is 18.0. The van der Waals surface area contributed by atoms with Gasteiger partial charge < -0.3 is 9.64 Å². The number of nitrogens with one attached hydrogen (secondary N) is 1. The minimum absolute atomic E-state index is 0.109. The lowest BCUT2D eigenvalue weighted by molar-refractivity contribution is -0.132. The summed E-state index contributed by atoms with van der Waals surface area (Å²) >= 11 is 0. The van der Waals surface area contributed by atoms with E-state index in [-0.39, 0.29) is 5.91 Å². The smallest absolute Gasteiger partial charge is 0.372 e. The lowest BCUT2D eigenvalue weighted by atomic mass is 9.72. The van der Waals surface area contributed by atoms with Crippen molar-refractivity contribution >= 4 is 18.0 Å². The van der Waals surface area contributed by atoms with Gasteiger partial charge in [-0.1, -0.05) is 48.5 Å². The zero-order valence-electron chi connectivity index (χ0n) is 16.6. The number of benzene rings is 2. The molecule has 7 nitrogen and oxygen atoms in total. The molecule has 0 aromatic heterocycles. The number of hydrogen-bond acceptors (Lipinski definition) is 5. The van der Waals surface area contributed by atoms with Gasteiger partial charge in [0.25, 0.3) is 0 Å². The molecule has 2 aromatic rings. The van der Waals surface area contributed by atoms with Gasteiger partial charge in [-0.2, -0.15) is 0 Å². The third-order valence-electron chi connectivity index (χ3n) is 5.15. The Morgan fingerprint density at radius 3 is 2.03 bits per heavy atom. The summed E-state index contributed by atoms with van der Waals surface area (Å²) in [5.74, 6) is -0.789. The Balaban J connectivity index is 1.70. The Bertz CT molecular complexity index is 860. The maximum absolute atomic E-state index is 13.0. The van der Waals surface area contributed by atoms with Crippen molar-refractivity contribution in [1.82, 2.24) is 15.3 Å². The fourth-order valence-electron chi connectivity index (χ4n) is 3.56. The van der Waals surface area contributed by atoms with Crippen LogP contribution in [0.3, 0.4) is 0 Å². The number of esters is 1. The summed E-state index contributed by atoms with van der Waals surface area (Å²) in [5, 5.41) is 1.62. The van der Waals surface area contributed by atoms with Crippen molar-refractivity contribution < 1.29 is 19.1 Å². The second-order valence-corrected chi connectivity index (χ2v) is 7.29. The highest BCUT2D eigenvalue weighted by atomic mass is 16.6. The molecule has 0 unspecified atom stereocenters. The van der Waals surface area contributed by atoms with E-state index in [1.807, 2.05) is 30.3 Å². The molecule has 0 aliphatic carbocycles. The summed E-state index contributed by atoms with van der Waals surface area (Å²) in [6.07, 6.45) is 0.185. The number of likely N-dealkylation sites (tertiary alicyclic amines) is 1. The van der Waals surface area contributed by atoms with E-state index >= 15 is 0 Å². The second kappa shape index (κ2) is 8.87. The van der Waals surface area contributed by atoms with Gasteiger partial charge in [0.15, 0.2) is 0 Å². The highest BCUT2D eigenvalue weighted by Gasteiger charge is 2.44. The topological polar surface area (TPSA) is 79.0 Å². The van der Waals surface area contributed by atoms with Crippen molar-refractivity contribution in [2.75, 3.05) is 27.2 Å². The molecule has 2 amide bonds. The molecule has 1 aliphatic rings. The fraction of sp³-hybridized carbons (Fsp3) is 0.318. The second-order valence-electron chi connectivity index (χ2n) is 7.29. The minimum atomic E-state index is -0.744. The van der Waals surface area contributed by atoms with Gasteiger partial charge in [0.1, 0.15) is 0 Å². The Kier molecular flexibility index (Phi) is 6.29. The average molecular weight is 395 g/mol. The fourth-order valence-corrected chi connectivity index (χ4v) is 3.56. The molecule has 1 fully saturated rings. The molecule has 7 heteroatoms. The van der Waals surface area contributed by atoms with Crippen LogP contribution < -0.4 is 5.43 Å². The lowest BCUT2D eigenvalue weighted by Crippen LogP contribution is -2.55. The maximum atomic E-state index is 13.0. The zero-order valence-corrected chi connectivity index (χ0v) is 16.6. The maximum Gasteiger partial charge on any atom is 0.417 e. The molecule has 29 heavy (non-hydrogen) atoms. The predicted molar refractivity (Wildman–Crippen MR) is 108 cm³/mol. The van der Waals surface area contributed by atoms with E-state index in [1.165, 1.54) is 4.90 Å². The third-order valence-corrected chi connectivity index (χ3v) is 5.15. The summed E-state index contributed by atoms with van der Waals surface area (Å²) < 4.78 is 5.01. The van der Waals surface area contributed by atoms with Gasteiger partial charge in [0, 0.05) is 27.2 Å². The van der Waals surface area contributed by atoms with E-state index in [0.29, 0.717) is 31.5 Å². The van der Waals surface area contributed by atoms with Crippen LogP contribution in [0.25, 0.3) is 0 Å². The molecule has 1 aliphatic heterocycles. The average Bonchev–Trinajstić information content (AvgIpc) is 2.74. The van der Waals surface area contributed by atoms with Crippen LogP contribution in [0.5, 0.6) is 0 Å². The number of piperidine rings is 1. The van der Waals surface area contributed by atoms with E-state index in [1.54, 1.807) is 49.4 Å². The van der Waals surface area contributed by atoms with Crippen LogP contribution in [-0.4, -0.2) is 55.1 Å². The molecule has 2 aromatic carbocycles. The van der Waals surface area contributed by atoms with Crippen LogP contribution >= 0.6 is 0 Å². The first-order valence-corrected chi connectivity index (χ1v) is 9.52. The summed E-state index contributed by atoms with van der Waals surface area (Å²) in [7, 11) is 3.52. The molecule has 1 N–H and O–H groups in total. The number of rotatable bonds is 4. The van der Waals surface area contributed by atoms with Crippen LogP contribution in [0, 0.1) is 0 Å². The Morgan fingerprint density at radius 1 is 0.931 bits per heavy atom. The Hall–Kier alpha value is -3.19. The van der Waals surface area contributed by atoms with Gasteiger partial charge in [-0.25, -0.2) is 14.6 Å². The Morgan fingerprint density at radius 2 is 1.48 bits per heavy atom. The lowest BCUT2D eigenvalue weighted by Gasteiger charge is -2.40. The molecule has 1 heterocycles. The van der Waals surface area contributed by atoms with Crippen molar-refractivity contribution in [3.05, 3.63) is 71.8 Å². The van der Waals surface area contributed by atoms with Crippen LogP contribution in [0.1, 0.15) is 28.8 Å². The van der Waals surface area contributed by atoms with Crippen molar-refractivity contribution in [2.24, 2.45) is 0 Å². The number of carbonyl (C=O) groups is 3. The number of amides is 2. The normalized spacial score (nSPS) is 15.6. The molecule has 3 rings (SSSR count). The predicted octanol–water partition coefficient (Wildman–Crippen LogP) is 2.59. The molecule has 1 saturated heterocycles. The highest BCUT2D eigenvalue weighted by Crippen LogP contribution is 2.36.